The molecule has 4 heteroatoms. The Morgan fingerprint density at radius 1 is 1.04 bits per heavy atom. The summed E-state index contributed by atoms with van der Waals surface area (Å²) < 4.78 is 16.0. The van der Waals surface area contributed by atoms with Gasteiger partial charge in [0.2, 0.25) is 0 Å². The molecule has 0 saturated heterocycles. The van der Waals surface area contributed by atoms with Gasteiger partial charge in [-0.2, -0.15) is 0 Å². The first-order valence-corrected chi connectivity index (χ1v) is 8.67. The highest BCUT2D eigenvalue weighted by Gasteiger charge is 2.21. The van der Waals surface area contributed by atoms with E-state index in [-0.39, 0.29) is 11.7 Å². The largest absolute Gasteiger partial charge is 0.336 e. The van der Waals surface area contributed by atoms with E-state index in [2.05, 4.69) is 0 Å². The number of aryl methyl sites for hydroxylation is 2. The molecule has 0 N–H and O–H groups in total. The molecular formula is C22H23FN2O. The van der Waals surface area contributed by atoms with Crippen LogP contribution < -0.4 is 0 Å². The summed E-state index contributed by atoms with van der Waals surface area (Å²) in [5, 5.41) is 0. The summed E-state index contributed by atoms with van der Waals surface area (Å²) >= 11 is 0. The first-order valence-electron chi connectivity index (χ1n) is 8.67. The molecule has 0 aliphatic carbocycles. The van der Waals surface area contributed by atoms with E-state index < -0.39 is 0 Å². The number of aromatic nitrogens is 1. The van der Waals surface area contributed by atoms with E-state index in [4.69, 9.17) is 0 Å². The fraction of sp³-hybridized carbons (Fsp3) is 0.227. The van der Waals surface area contributed by atoms with Crippen LogP contribution in [0, 0.1) is 19.7 Å². The molecule has 3 nitrogen and oxygen atoms in total. The number of amides is 1. The number of benzene rings is 2. The van der Waals surface area contributed by atoms with Crippen molar-refractivity contribution in [2.45, 2.75) is 26.9 Å². The van der Waals surface area contributed by atoms with E-state index in [1.165, 1.54) is 6.07 Å². The van der Waals surface area contributed by atoms with Crippen molar-refractivity contribution in [1.82, 2.24) is 9.47 Å². The first-order chi connectivity index (χ1) is 12.5. The van der Waals surface area contributed by atoms with Gasteiger partial charge in [0.05, 0.1) is 6.54 Å². The van der Waals surface area contributed by atoms with Gasteiger partial charge < -0.3 is 9.47 Å². The van der Waals surface area contributed by atoms with Crippen molar-refractivity contribution >= 4 is 5.91 Å². The maximum Gasteiger partial charge on any atom is 0.270 e. The van der Waals surface area contributed by atoms with Crippen molar-refractivity contribution in [2.24, 2.45) is 0 Å². The van der Waals surface area contributed by atoms with Crippen LogP contribution in [0.25, 0.3) is 0 Å². The van der Waals surface area contributed by atoms with E-state index in [0.29, 0.717) is 24.3 Å². The Hall–Kier alpha value is -2.88. The lowest BCUT2D eigenvalue weighted by molar-refractivity contribution is 0.0773. The highest BCUT2D eigenvalue weighted by molar-refractivity contribution is 5.94. The zero-order valence-corrected chi connectivity index (χ0v) is 15.4. The average Bonchev–Trinajstić information content (AvgIpc) is 2.90. The normalized spacial score (nSPS) is 10.8. The molecule has 1 amide bonds. The molecule has 1 heterocycles. The molecule has 2 aromatic carbocycles. The van der Waals surface area contributed by atoms with Gasteiger partial charge in [-0.05, 0) is 37.1 Å². The summed E-state index contributed by atoms with van der Waals surface area (Å²) in [5.41, 5.74) is 4.12. The van der Waals surface area contributed by atoms with Gasteiger partial charge in [-0.25, -0.2) is 4.39 Å². The van der Waals surface area contributed by atoms with E-state index in [1.54, 1.807) is 24.1 Å². The van der Waals surface area contributed by atoms with Gasteiger partial charge in [0, 0.05) is 24.8 Å². The third-order valence-corrected chi connectivity index (χ3v) is 4.59. The molecule has 3 aromatic rings. The molecule has 0 spiro atoms. The number of carbonyl (C=O) groups excluding carboxylic acids is 1. The van der Waals surface area contributed by atoms with E-state index in [9.17, 15) is 9.18 Å². The number of hydrogen-bond acceptors (Lipinski definition) is 1. The topological polar surface area (TPSA) is 25.2 Å². The first kappa shape index (κ1) is 17.9. The van der Waals surface area contributed by atoms with E-state index in [0.717, 1.165) is 16.8 Å². The fourth-order valence-corrected chi connectivity index (χ4v) is 3.24. The highest BCUT2D eigenvalue weighted by atomic mass is 19.1. The summed E-state index contributed by atoms with van der Waals surface area (Å²) in [6.45, 7) is 4.74. The second kappa shape index (κ2) is 7.56. The molecule has 134 valence electrons. The summed E-state index contributed by atoms with van der Waals surface area (Å²) in [6, 6.07) is 18.5. The Morgan fingerprint density at radius 3 is 2.38 bits per heavy atom. The van der Waals surface area contributed by atoms with Crippen molar-refractivity contribution in [3.63, 3.8) is 0 Å². The average molecular weight is 350 g/mol. The van der Waals surface area contributed by atoms with Crippen molar-refractivity contribution in [2.75, 3.05) is 7.05 Å². The third-order valence-electron chi connectivity index (χ3n) is 4.59. The SMILES string of the molecule is Cc1cc(C)n(Cc2ccccc2F)c1C(=O)N(C)Cc1ccccc1. The lowest BCUT2D eigenvalue weighted by Gasteiger charge is -2.20. The van der Waals surface area contributed by atoms with Gasteiger partial charge in [-0.3, -0.25) is 4.79 Å². The molecule has 0 radical (unpaired) electrons. The zero-order chi connectivity index (χ0) is 18.7. The smallest absolute Gasteiger partial charge is 0.270 e. The zero-order valence-electron chi connectivity index (χ0n) is 15.4. The van der Waals surface area contributed by atoms with Gasteiger partial charge >= 0.3 is 0 Å². The summed E-state index contributed by atoms with van der Waals surface area (Å²) in [5.74, 6) is -0.315. The Morgan fingerprint density at radius 2 is 1.69 bits per heavy atom. The highest BCUT2D eigenvalue weighted by Crippen LogP contribution is 2.20. The second-order valence-corrected chi connectivity index (χ2v) is 6.64. The molecule has 0 aliphatic heterocycles. The van der Waals surface area contributed by atoms with Crippen LogP contribution in [0.2, 0.25) is 0 Å². The maximum absolute atomic E-state index is 14.1. The minimum absolute atomic E-state index is 0.0595. The van der Waals surface area contributed by atoms with Crippen molar-refractivity contribution in [3.8, 4) is 0 Å². The molecule has 1 aromatic heterocycles. The number of nitrogens with zero attached hydrogens (tertiary/aromatic N) is 2. The molecule has 0 aliphatic rings. The maximum atomic E-state index is 14.1. The third kappa shape index (κ3) is 3.69. The van der Waals surface area contributed by atoms with Crippen LogP contribution in [0.1, 0.15) is 32.9 Å². The Bertz CT molecular complexity index is 915. The minimum atomic E-state index is -0.255. The molecule has 0 bridgehead atoms. The predicted octanol–water partition coefficient (Wildman–Crippen LogP) is 4.56. The molecule has 26 heavy (non-hydrogen) atoms. The van der Waals surface area contributed by atoms with Gasteiger partial charge in [0.25, 0.3) is 5.91 Å². The van der Waals surface area contributed by atoms with Crippen LogP contribution in [-0.2, 0) is 13.1 Å². The molecule has 0 saturated carbocycles. The summed E-state index contributed by atoms with van der Waals surface area (Å²) in [4.78, 5) is 14.8. The standard InChI is InChI=1S/C22H23FN2O/c1-16-13-17(2)25(15-19-11-7-8-12-20(19)23)21(16)22(26)24(3)14-18-9-5-4-6-10-18/h4-13H,14-15H2,1-3H3. The number of rotatable bonds is 5. The van der Waals surface area contributed by atoms with Crippen molar-refractivity contribution in [1.29, 1.82) is 0 Å². The lowest BCUT2D eigenvalue weighted by Crippen LogP contribution is -2.29. The predicted molar refractivity (Wildman–Crippen MR) is 102 cm³/mol. The quantitative estimate of drug-likeness (QED) is 0.662. The Balaban J connectivity index is 1.89. The van der Waals surface area contributed by atoms with Crippen LogP contribution in [0.3, 0.4) is 0 Å². The Labute approximate surface area is 153 Å². The number of halogens is 1. The minimum Gasteiger partial charge on any atom is -0.336 e. The van der Waals surface area contributed by atoms with Crippen LogP contribution in [0.5, 0.6) is 0 Å². The lowest BCUT2D eigenvalue weighted by atomic mass is 10.2. The molecule has 3 rings (SSSR count). The summed E-state index contributed by atoms with van der Waals surface area (Å²) in [7, 11) is 1.80. The van der Waals surface area contributed by atoms with Gasteiger partial charge in [-0.15, -0.1) is 0 Å². The van der Waals surface area contributed by atoms with Crippen LogP contribution in [0.15, 0.2) is 60.7 Å². The summed E-state index contributed by atoms with van der Waals surface area (Å²) in [6.07, 6.45) is 0. The van der Waals surface area contributed by atoms with Gasteiger partial charge in [0.15, 0.2) is 0 Å². The number of carbonyl (C=O) groups is 1. The van der Waals surface area contributed by atoms with Crippen molar-refractivity contribution < 1.29 is 9.18 Å². The second-order valence-electron chi connectivity index (χ2n) is 6.64. The van der Waals surface area contributed by atoms with E-state index >= 15 is 0 Å². The molecular weight excluding hydrogens is 327 g/mol. The van der Waals surface area contributed by atoms with Crippen molar-refractivity contribution in [3.05, 3.63) is 94.6 Å². The molecule has 0 atom stereocenters. The van der Waals surface area contributed by atoms with Gasteiger partial charge in [-0.1, -0.05) is 48.5 Å². The monoisotopic (exact) mass is 350 g/mol. The fourth-order valence-electron chi connectivity index (χ4n) is 3.24. The van der Waals surface area contributed by atoms with Crippen LogP contribution in [0.4, 0.5) is 4.39 Å². The Kier molecular flexibility index (Phi) is 5.21. The van der Waals surface area contributed by atoms with Crippen LogP contribution >= 0.6 is 0 Å². The van der Waals surface area contributed by atoms with Gasteiger partial charge in [0.1, 0.15) is 11.5 Å². The molecule has 0 fully saturated rings. The van der Waals surface area contributed by atoms with E-state index in [1.807, 2.05) is 60.9 Å². The van der Waals surface area contributed by atoms with Crippen LogP contribution in [-0.4, -0.2) is 22.4 Å². The number of hydrogen-bond donors (Lipinski definition) is 0. The molecule has 0 unspecified atom stereocenters.